The lowest BCUT2D eigenvalue weighted by atomic mass is 10.2. The summed E-state index contributed by atoms with van der Waals surface area (Å²) < 4.78 is 2.03. The van der Waals surface area contributed by atoms with Crippen molar-refractivity contribution in [3.63, 3.8) is 0 Å². The Morgan fingerprint density at radius 1 is 1.03 bits per heavy atom. The van der Waals surface area contributed by atoms with Crippen molar-refractivity contribution in [3.05, 3.63) is 77.7 Å². The predicted octanol–water partition coefficient (Wildman–Crippen LogP) is 5.84. The van der Waals surface area contributed by atoms with Crippen LogP contribution in [0.3, 0.4) is 0 Å². The van der Waals surface area contributed by atoms with Crippen LogP contribution in [0.15, 0.2) is 77.3 Å². The molecule has 0 saturated carbocycles. The van der Waals surface area contributed by atoms with E-state index < -0.39 is 0 Å². The molecule has 7 heteroatoms. The van der Waals surface area contributed by atoms with Gasteiger partial charge in [0.2, 0.25) is 5.91 Å². The standard InChI is InChI=1S/C24H24N4OS2/c1-17(2)27(19-8-5-4-6-9-19)22(29)16-31-24-26-25-23(21-10-7-15-30-21)28(24)20-13-11-18(3)12-14-20/h4-15,17H,16H2,1-3H3. The minimum atomic E-state index is 0.0438. The van der Waals surface area contributed by atoms with Gasteiger partial charge in [0.1, 0.15) is 0 Å². The first-order valence-corrected chi connectivity index (χ1v) is 12.0. The third kappa shape index (κ3) is 4.73. The van der Waals surface area contributed by atoms with Gasteiger partial charge in [-0.25, -0.2) is 0 Å². The van der Waals surface area contributed by atoms with Gasteiger partial charge in [0, 0.05) is 17.4 Å². The van der Waals surface area contributed by atoms with Crippen LogP contribution in [-0.2, 0) is 4.79 Å². The number of carbonyl (C=O) groups excluding carboxylic acids is 1. The van der Waals surface area contributed by atoms with E-state index in [1.54, 1.807) is 11.3 Å². The molecule has 0 radical (unpaired) electrons. The van der Waals surface area contributed by atoms with Crippen LogP contribution in [0.5, 0.6) is 0 Å². The van der Waals surface area contributed by atoms with E-state index >= 15 is 0 Å². The van der Waals surface area contributed by atoms with Gasteiger partial charge in [-0.2, -0.15) is 0 Å². The number of hydrogen-bond donors (Lipinski definition) is 0. The number of anilines is 1. The van der Waals surface area contributed by atoms with Gasteiger partial charge in [0.25, 0.3) is 0 Å². The Bertz CT molecular complexity index is 1140. The molecular formula is C24H24N4OS2. The van der Waals surface area contributed by atoms with Crippen LogP contribution in [0.1, 0.15) is 19.4 Å². The molecular weight excluding hydrogens is 424 g/mol. The monoisotopic (exact) mass is 448 g/mol. The van der Waals surface area contributed by atoms with Crippen LogP contribution in [0, 0.1) is 6.92 Å². The molecule has 0 aliphatic heterocycles. The van der Waals surface area contributed by atoms with Gasteiger partial charge < -0.3 is 4.90 Å². The first-order chi connectivity index (χ1) is 15.0. The number of thioether (sulfide) groups is 1. The van der Waals surface area contributed by atoms with E-state index in [0.717, 1.165) is 22.1 Å². The molecule has 0 spiro atoms. The van der Waals surface area contributed by atoms with Crippen LogP contribution < -0.4 is 4.90 Å². The zero-order chi connectivity index (χ0) is 21.8. The van der Waals surface area contributed by atoms with Crippen molar-refractivity contribution in [1.82, 2.24) is 14.8 Å². The Morgan fingerprint density at radius 2 is 1.77 bits per heavy atom. The van der Waals surface area contributed by atoms with Crippen LogP contribution in [-0.4, -0.2) is 32.5 Å². The number of hydrogen-bond acceptors (Lipinski definition) is 5. The molecule has 1 amide bonds. The number of nitrogens with zero attached hydrogens (tertiary/aromatic N) is 4. The fourth-order valence-electron chi connectivity index (χ4n) is 3.37. The Labute approximate surface area is 190 Å². The Balaban J connectivity index is 1.63. The molecule has 0 bridgehead atoms. The van der Waals surface area contributed by atoms with E-state index in [2.05, 4.69) is 41.4 Å². The van der Waals surface area contributed by atoms with Crippen LogP contribution in [0.25, 0.3) is 16.4 Å². The molecule has 2 aromatic heterocycles. The average molecular weight is 449 g/mol. The number of rotatable bonds is 7. The van der Waals surface area contributed by atoms with Crippen LogP contribution in [0.2, 0.25) is 0 Å². The quantitative estimate of drug-likeness (QED) is 0.333. The summed E-state index contributed by atoms with van der Waals surface area (Å²) in [7, 11) is 0. The maximum absolute atomic E-state index is 13.1. The number of carbonyl (C=O) groups is 1. The summed E-state index contributed by atoms with van der Waals surface area (Å²) in [6.45, 7) is 6.12. The number of benzene rings is 2. The van der Waals surface area contributed by atoms with E-state index in [4.69, 9.17) is 0 Å². The van der Waals surface area contributed by atoms with Crippen molar-refractivity contribution < 1.29 is 4.79 Å². The Kier molecular flexibility index (Phi) is 6.53. The van der Waals surface area contributed by atoms with E-state index in [9.17, 15) is 4.79 Å². The van der Waals surface area contributed by atoms with Gasteiger partial charge in [-0.1, -0.05) is 53.7 Å². The molecule has 0 saturated heterocycles. The van der Waals surface area contributed by atoms with Gasteiger partial charge in [0.15, 0.2) is 11.0 Å². The summed E-state index contributed by atoms with van der Waals surface area (Å²) in [6, 6.07) is 22.2. The normalized spacial score (nSPS) is 11.1. The zero-order valence-electron chi connectivity index (χ0n) is 17.7. The van der Waals surface area contributed by atoms with Gasteiger partial charge in [-0.15, -0.1) is 21.5 Å². The molecule has 5 nitrogen and oxygen atoms in total. The molecule has 2 heterocycles. The number of aryl methyl sites for hydroxylation is 1. The van der Waals surface area contributed by atoms with Gasteiger partial charge in [-0.3, -0.25) is 9.36 Å². The molecule has 31 heavy (non-hydrogen) atoms. The highest BCUT2D eigenvalue weighted by molar-refractivity contribution is 7.99. The molecule has 0 aliphatic carbocycles. The van der Waals surface area contributed by atoms with Crippen molar-refractivity contribution in [2.24, 2.45) is 0 Å². The highest BCUT2D eigenvalue weighted by atomic mass is 32.2. The maximum atomic E-state index is 13.1. The van der Waals surface area contributed by atoms with E-state index in [1.165, 1.54) is 17.3 Å². The van der Waals surface area contributed by atoms with E-state index in [0.29, 0.717) is 5.16 Å². The number of para-hydroxylation sites is 1. The number of amides is 1. The first-order valence-electron chi connectivity index (χ1n) is 10.1. The van der Waals surface area contributed by atoms with Crippen LogP contribution in [0.4, 0.5) is 5.69 Å². The molecule has 0 unspecified atom stereocenters. The minimum Gasteiger partial charge on any atom is -0.309 e. The average Bonchev–Trinajstić information content (AvgIpc) is 3.43. The second-order valence-corrected chi connectivity index (χ2v) is 9.33. The lowest BCUT2D eigenvalue weighted by Gasteiger charge is -2.26. The smallest absolute Gasteiger partial charge is 0.237 e. The molecule has 158 valence electrons. The largest absolute Gasteiger partial charge is 0.309 e. The maximum Gasteiger partial charge on any atom is 0.237 e. The second-order valence-electron chi connectivity index (χ2n) is 7.44. The van der Waals surface area contributed by atoms with Gasteiger partial charge in [-0.05, 0) is 56.5 Å². The molecule has 2 aromatic carbocycles. The highest BCUT2D eigenvalue weighted by Crippen LogP contribution is 2.31. The Morgan fingerprint density at radius 3 is 2.42 bits per heavy atom. The van der Waals surface area contributed by atoms with Crippen molar-refractivity contribution in [3.8, 4) is 16.4 Å². The van der Waals surface area contributed by atoms with E-state index in [-0.39, 0.29) is 17.7 Å². The zero-order valence-corrected chi connectivity index (χ0v) is 19.4. The summed E-state index contributed by atoms with van der Waals surface area (Å²) in [5, 5.41) is 11.6. The Hall–Kier alpha value is -2.90. The lowest BCUT2D eigenvalue weighted by Crippen LogP contribution is -2.38. The summed E-state index contributed by atoms with van der Waals surface area (Å²) >= 11 is 3.04. The van der Waals surface area contributed by atoms with Crippen molar-refractivity contribution in [2.75, 3.05) is 10.7 Å². The topological polar surface area (TPSA) is 51.0 Å². The molecule has 0 aliphatic rings. The lowest BCUT2D eigenvalue weighted by molar-refractivity contribution is -0.116. The second kappa shape index (κ2) is 9.49. The molecule has 0 atom stereocenters. The van der Waals surface area contributed by atoms with Crippen molar-refractivity contribution >= 4 is 34.7 Å². The predicted molar refractivity (Wildman–Crippen MR) is 129 cm³/mol. The van der Waals surface area contributed by atoms with Crippen molar-refractivity contribution in [2.45, 2.75) is 32.0 Å². The molecule has 0 N–H and O–H groups in total. The van der Waals surface area contributed by atoms with Crippen LogP contribution >= 0.6 is 23.1 Å². The fraction of sp³-hybridized carbons (Fsp3) is 0.208. The molecule has 4 aromatic rings. The minimum absolute atomic E-state index is 0.0438. The summed E-state index contributed by atoms with van der Waals surface area (Å²) in [4.78, 5) is 16.0. The van der Waals surface area contributed by atoms with E-state index in [1.807, 2.05) is 71.2 Å². The SMILES string of the molecule is Cc1ccc(-n2c(SCC(=O)N(c3ccccc3)C(C)C)nnc2-c2cccs2)cc1. The van der Waals surface area contributed by atoms with Gasteiger partial charge in [0.05, 0.1) is 10.6 Å². The van der Waals surface area contributed by atoms with Gasteiger partial charge >= 0.3 is 0 Å². The first kappa shape index (κ1) is 21.3. The third-order valence-electron chi connectivity index (χ3n) is 4.81. The summed E-state index contributed by atoms with van der Waals surface area (Å²) in [5.41, 5.74) is 3.08. The highest BCUT2D eigenvalue weighted by Gasteiger charge is 2.22. The fourth-order valence-corrected chi connectivity index (χ4v) is 4.88. The summed E-state index contributed by atoms with van der Waals surface area (Å²) in [6.07, 6.45) is 0. The number of thiophene rings is 1. The third-order valence-corrected chi connectivity index (χ3v) is 6.59. The molecule has 0 fully saturated rings. The summed E-state index contributed by atoms with van der Waals surface area (Å²) in [5.74, 6) is 1.11. The molecule has 4 rings (SSSR count). The van der Waals surface area contributed by atoms with Crippen molar-refractivity contribution in [1.29, 1.82) is 0 Å². The number of aromatic nitrogens is 3.